The summed E-state index contributed by atoms with van der Waals surface area (Å²) in [5.74, 6) is 0.701. The quantitative estimate of drug-likeness (QED) is 0.248. The first-order chi connectivity index (χ1) is 6.95. The maximum atomic E-state index is 9.62. The molecule has 0 aromatic rings. The molecule has 86 valence electrons. The van der Waals surface area contributed by atoms with Crippen LogP contribution in [0.15, 0.2) is 5.16 Å². The molecule has 0 saturated carbocycles. The monoisotopic (exact) mass is 233 g/mol. The standard InChI is InChI=1S/C5H8N2OS.C3H7NO2/c1-5(7-8)9-4-2-3-6;1-4(2)3(5)6/h8H,2,4H2,1H3;1-2H3,(H,5,6). The number of carboxylic acid groups (broad SMARTS) is 1. The fourth-order valence-corrected chi connectivity index (χ4v) is 0.820. The molecule has 0 spiro atoms. The van der Waals surface area contributed by atoms with Crippen molar-refractivity contribution in [3.05, 3.63) is 0 Å². The molecule has 0 aromatic heterocycles. The summed E-state index contributed by atoms with van der Waals surface area (Å²) >= 11 is 1.38. The highest BCUT2D eigenvalue weighted by atomic mass is 32.2. The molecule has 0 heterocycles. The SMILES string of the molecule is CC(=NO)SCCC#N.CN(C)C(=O)O. The summed E-state index contributed by atoms with van der Waals surface area (Å²) < 4.78 is 0. The third kappa shape index (κ3) is 15.3. The molecule has 0 aliphatic heterocycles. The number of oxime groups is 1. The second-order valence-electron chi connectivity index (χ2n) is 2.55. The summed E-state index contributed by atoms with van der Waals surface area (Å²) in [6, 6.07) is 1.99. The zero-order chi connectivity index (χ0) is 12.3. The molecule has 6 nitrogen and oxygen atoms in total. The summed E-state index contributed by atoms with van der Waals surface area (Å²) in [5.41, 5.74) is 0. The second kappa shape index (κ2) is 10.7. The minimum atomic E-state index is -0.907. The van der Waals surface area contributed by atoms with E-state index in [0.717, 1.165) is 4.90 Å². The Bertz CT molecular complexity index is 248. The van der Waals surface area contributed by atoms with E-state index in [1.165, 1.54) is 25.9 Å². The second-order valence-corrected chi connectivity index (χ2v) is 3.84. The number of nitriles is 1. The Morgan fingerprint density at radius 2 is 2.07 bits per heavy atom. The molecule has 0 rings (SSSR count). The molecule has 2 N–H and O–H groups in total. The highest BCUT2D eigenvalue weighted by Crippen LogP contribution is 2.03. The first-order valence-corrected chi connectivity index (χ1v) is 5.02. The Balaban J connectivity index is 0. The Hall–Kier alpha value is -1.42. The normalized spacial score (nSPS) is 9.60. The highest BCUT2D eigenvalue weighted by Gasteiger charge is 1.92. The molecule has 0 saturated heterocycles. The molecular weight excluding hydrogens is 218 g/mol. The van der Waals surface area contributed by atoms with Crippen LogP contribution in [0.1, 0.15) is 13.3 Å². The third-order valence-corrected chi connectivity index (χ3v) is 1.96. The Morgan fingerprint density at radius 1 is 1.60 bits per heavy atom. The van der Waals surface area contributed by atoms with Crippen LogP contribution in [-0.2, 0) is 0 Å². The zero-order valence-electron chi connectivity index (χ0n) is 8.97. The van der Waals surface area contributed by atoms with Gasteiger partial charge in [-0.15, -0.1) is 11.8 Å². The lowest BCUT2D eigenvalue weighted by Gasteiger charge is -1.99. The highest BCUT2D eigenvalue weighted by molar-refractivity contribution is 8.13. The number of thioether (sulfide) groups is 1. The molecule has 0 aliphatic carbocycles. The van der Waals surface area contributed by atoms with E-state index in [2.05, 4.69) is 5.16 Å². The fourth-order valence-electron chi connectivity index (χ4n) is 0.273. The molecule has 0 unspecified atom stereocenters. The third-order valence-electron chi connectivity index (χ3n) is 1.05. The van der Waals surface area contributed by atoms with E-state index < -0.39 is 6.09 Å². The van der Waals surface area contributed by atoms with Crippen LogP contribution >= 0.6 is 11.8 Å². The van der Waals surface area contributed by atoms with E-state index in [1.807, 2.05) is 6.07 Å². The van der Waals surface area contributed by atoms with Gasteiger partial charge in [0.15, 0.2) is 0 Å². The Morgan fingerprint density at radius 3 is 2.33 bits per heavy atom. The molecule has 15 heavy (non-hydrogen) atoms. The molecule has 0 aliphatic rings. The van der Waals surface area contributed by atoms with Gasteiger partial charge in [0.05, 0.1) is 6.07 Å². The molecule has 0 atom stereocenters. The Labute approximate surface area is 93.2 Å². The van der Waals surface area contributed by atoms with E-state index >= 15 is 0 Å². The van der Waals surface area contributed by atoms with Crippen LogP contribution < -0.4 is 0 Å². The summed E-state index contributed by atoms with van der Waals surface area (Å²) in [7, 11) is 2.95. The average molecular weight is 233 g/mol. The summed E-state index contributed by atoms with van der Waals surface area (Å²) in [4.78, 5) is 10.7. The van der Waals surface area contributed by atoms with Crippen molar-refractivity contribution in [2.75, 3.05) is 19.8 Å². The van der Waals surface area contributed by atoms with Crippen LogP contribution in [0, 0.1) is 11.3 Å². The number of hydrogen-bond donors (Lipinski definition) is 2. The number of carbonyl (C=O) groups is 1. The van der Waals surface area contributed by atoms with Crippen molar-refractivity contribution >= 4 is 22.9 Å². The van der Waals surface area contributed by atoms with E-state index in [0.29, 0.717) is 17.2 Å². The number of amides is 1. The minimum absolute atomic E-state index is 0.498. The Kier molecular flexibility index (Phi) is 11.4. The predicted octanol–water partition coefficient (Wildman–Crippen LogP) is 1.67. The summed E-state index contributed by atoms with van der Waals surface area (Å²) in [6.07, 6.45) is -0.410. The van der Waals surface area contributed by atoms with Gasteiger partial charge in [-0.3, -0.25) is 0 Å². The first-order valence-electron chi connectivity index (χ1n) is 4.04. The van der Waals surface area contributed by atoms with Crippen molar-refractivity contribution in [3.63, 3.8) is 0 Å². The molecule has 7 heteroatoms. The average Bonchev–Trinajstić information content (AvgIpc) is 2.18. The predicted molar refractivity (Wildman–Crippen MR) is 59.3 cm³/mol. The van der Waals surface area contributed by atoms with Crippen LogP contribution in [0.5, 0.6) is 0 Å². The van der Waals surface area contributed by atoms with Gasteiger partial charge < -0.3 is 15.2 Å². The van der Waals surface area contributed by atoms with Crippen molar-refractivity contribution in [2.24, 2.45) is 5.16 Å². The van der Waals surface area contributed by atoms with Crippen LogP contribution in [0.2, 0.25) is 0 Å². The van der Waals surface area contributed by atoms with Gasteiger partial charge in [0.2, 0.25) is 0 Å². The smallest absolute Gasteiger partial charge is 0.406 e. The summed E-state index contributed by atoms with van der Waals surface area (Å²) in [5, 5.41) is 27.7. The fraction of sp³-hybridized carbons (Fsp3) is 0.625. The van der Waals surface area contributed by atoms with Gasteiger partial charge in [0, 0.05) is 26.3 Å². The maximum Gasteiger partial charge on any atom is 0.406 e. The van der Waals surface area contributed by atoms with E-state index in [-0.39, 0.29) is 0 Å². The van der Waals surface area contributed by atoms with Crippen molar-refractivity contribution < 1.29 is 15.1 Å². The van der Waals surface area contributed by atoms with Gasteiger partial charge in [-0.1, -0.05) is 5.16 Å². The van der Waals surface area contributed by atoms with Crippen molar-refractivity contribution in [2.45, 2.75) is 13.3 Å². The molecule has 0 fully saturated rings. The van der Waals surface area contributed by atoms with Crippen molar-refractivity contribution in [3.8, 4) is 6.07 Å². The van der Waals surface area contributed by atoms with Crippen LogP contribution in [0.4, 0.5) is 4.79 Å². The lowest BCUT2D eigenvalue weighted by Crippen LogP contribution is -2.18. The maximum absolute atomic E-state index is 9.62. The van der Waals surface area contributed by atoms with Crippen LogP contribution in [-0.4, -0.2) is 46.2 Å². The summed E-state index contributed by atoms with van der Waals surface area (Å²) in [6.45, 7) is 1.70. The van der Waals surface area contributed by atoms with Gasteiger partial charge in [0.25, 0.3) is 0 Å². The van der Waals surface area contributed by atoms with Gasteiger partial charge in [-0.25, -0.2) is 4.79 Å². The molecule has 0 radical (unpaired) electrons. The zero-order valence-corrected chi connectivity index (χ0v) is 9.78. The topological polar surface area (TPSA) is 96.9 Å². The lowest BCUT2D eigenvalue weighted by atomic mass is 10.6. The van der Waals surface area contributed by atoms with E-state index in [1.54, 1.807) is 6.92 Å². The number of nitrogens with zero attached hydrogens (tertiary/aromatic N) is 3. The van der Waals surface area contributed by atoms with Gasteiger partial charge in [-0.2, -0.15) is 5.26 Å². The van der Waals surface area contributed by atoms with Crippen molar-refractivity contribution in [1.82, 2.24) is 4.90 Å². The van der Waals surface area contributed by atoms with Gasteiger partial charge in [0.1, 0.15) is 5.04 Å². The largest absolute Gasteiger partial charge is 0.465 e. The van der Waals surface area contributed by atoms with Gasteiger partial charge in [-0.05, 0) is 6.92 Å². The van der Waals surface area contributed by atoms with Gasteiger partial charge >= 0.3 is 6.09 Å². The minimum Gasteiger partial charge on any atom is -0.465 e. The molecule has 1 amide bonds. The van der Waals surface area contributed by atoms with Crippen LogP contribution in [0.25, 0.3) is 0 Å². The van der Waals surface area contributed by atoms with Crippen molar-refractivity contribution in [1.29, 1.82) is 5.26 Å². The molecular formula is C8H15N3O3S. The van der Waals surface area contributed by atoms with Crippen LogP contribution in [0.3, 0.4) is 0 Å². The van der Waals surface area contributed by atoms with E-state index in [4.69, 9.17) is 15.6 Å². The lowest BCUT2D eigenvalue weighted by molar-refractivity contribution is 0.165. The number of rotatable bonds is 2. The number of hydrogen-bond acceptors (Lipinski definition) is 5. The van der Waals surface area contributed by atoms with E-state index in [9.17, 15) is 4.79 Å². The molecule has 0 bridgehead atoms. The molecule has 0 aromatic carbocycles. The first kappa shape index (κ1) is 16.0.